The summed E-state index contributed by atoms with van der Waals surface area (Å²) in [6, 6.07) is 11.5. The van der Waals surface area contributed by atoms with Gasteiger partial charge in [-0.15, -0.1) is 11.8 Å². The van der Waals surface area contributed by atoms with Crippen LogP contribution in [0.1, 0.15) is 25.7 Å². The molecular weight excluding hydrogens is 306 g/mol. The molecule has 100 valence electrons. The van der Waals surface area contributed by atoms with Crippen molar-refractivity contribution in [2.45, 2.75) is 36.6 Å². The summed E-state index contributed by atoms with van der Waals surface area (Å²) in [6.07, 6.45) is 5.55. The maximum Gasteiger partial charge on any atom is 0.0193 e. The zero-order chi connectivity index (χ0) is 12.6. The molecule has 0 saturated carbocycles. The average molecular weight is 328 g/mol. The van der Waals surface area contributed by atoms with Gasteiger partial charge in [0, 0.05) is 28.6 Å². The molecule has 0 amide bonds. The number of halogens is 1. The molecule has 1 unspecified atom stereocenters. The van der Waals surface area contributed by atoms with Crippen molar-refractivity contribution in [1.82, 2.24) is 4.90 Å². The molecular formula is C15H22BrNS. The minimum absolute atomic E-state index is 0.754. The predicted octanol–water partition coefficient (Wildman–Crippen LogP) is 4.42. The molecule has 1 atom stereocenters. The van der Waals surface area contributed by atoms with Crippen LogP contribution in [0.4, 0.5) is 0 Å². The Labute approximate surface area is 123 Å². The van der Waals surface area contributed by atoms with E-state index < -0.39 is 0 Å². The Morgan fingerprint density at radius 1 is 1.17 bits per heavy atom. The van der Waals surface area contributed by atoms with Crippen molar-refractivity contribution in [2.24, 2.45) is 0 Å². The van der Waals surface area contributed by atoms with Crippen LogP contribution in [0.3, 0.4) is 0 Å². The Kier molecular flexibility index (Phi) is 6.60. The number of nitrogens with zero attached hydrogens (tertiary/aromatic N) is 1. The third-order valence-corrected chi connectivity index (χ3v) is 5.31. The highest BCUT2D eigenvalue weighted by Gasteiger charge is 2.19. The molecule has 0 N–H and O–H groups in total. The second-order valence-corrected chi connectivity index (χ2v) is 6.67. The van der Waals surface area contributed by atoms with E-state index in [9.17, 15) is 0 Å². The molecule has 0 spiro atoms. The van der Waals surface area contributed by atoms with E-state index in [0.29, 0.717) is 0 Å². The van der Waals surface area contributed by atoms with Crippen molar-refractivity contribution in [3.05, 3.63) is 30.3 Å². The van der Waals surface area contributed by atoms with Gasteiger partial charge >= 0.3 is 0 Å². The quantitative estimate of drug-likeness (QED) is 0.581. The SMILES string of the molecule is BrCC1CCCCCN1CCSc1ccccc1. The van der Waals surface area contributed by atoms with E-state index in [2.05, 4.69) is 51.2 Å². The van der Waals surface area contributed by atoms with Gasteiger partial charge in [0.25, 0.3) is 0 Å². The van der Waals surface area contributed by atoms with Crippen LogP contribution in [0.25, 0.3) is 0 Å². The lowest BCUT2D eigenvalue weighted by Crippen LogP contribution is -2.37. The van der Waals surface area contributed by atoms with Gasteiger partial charge in [-0.25, -0.2) is 0 Å². The molecule has 0 radical (unpaired) electrons. The van der Waals surface area contributed by atoms with Crippen LogP contribution >= 0.6 is 27.7 Å². The fourth-order valence-corrected chi connectivity index (χ4v) is 4.15. The number of benzene rings is 1. The molecule has 18 heavy (non-hydrogen) atoms. The molecule has 0 aromatic heterocycles. The fraction of sp³-hybridized carbons (Fsp3) is 0.600. The number of likely N-dealkylation sites (tertiary alicyclic amines) is 1. The molecule has 1 nitrogen and oxygen atoms in total. The van der Waals surface area contributed by atoms with E-state index in [1.165, 1.54) is 49.4 Å². The molecule has 1 aromatic rings. The first kappa shape index (κ1) is 14.4. The molecule has 1 aliphatic rings. The van der Waals surface area contributed by atoms with E-state index in [-0.39, 0.29) is 0 Å². The Balaban J connectivity index is 1.77. The minimum Gasteiger partial charge on any atom is -0.299 e. The Morgan fingerprint density at radius 2 is 2.00 bits per heavy atom. The van der Waals surface area contributed by atoms with Crippen LogP contribution < -0.4 is 0 Å². The van der Waals surface area contributed by atoms with Crippen LogP contribution in [0, 0.1) is 0 Å². The highest BCUT2D eigenvalue weighted by atomic mass is 79.9. The van der Waals surface area contributed by atoms with Gasteiger partial charge in [-0.1, -0.05) is 47.0 Å². The van der Waals surface area contributed by atoms with Gasteiger partial charge in [-0.05, 0) is 31.5 Å². The topological polar surface area (TPSA) is 3.24 Å². The number of thioether (sulfide) groups is 1. The van der Waals surface area contributed by atoms with Gasteiger partial charge < -0.3 is 0 Å². The zero-order valence-electron chi connectivity index (χ0n) is 10.9. The average Bonchev–Trinajstić information content (AvgIpc) is 2.65. The first-order chi connectivity index (χ1) is 8.90. The maximum atomic E-state index is 3.67. The van der Waals surface area contributed by atoms with Crippen molar-refractivity contribution in [3.8, 4) is 0 Å². The van der Waals surface area contributed by atoms with E-state index in [1.54, 1.807) is 0 Å². The largest absolute Gasteiger partial charge is 0.299 e. The standard InChI is InChI=1S/C15H22BrNS/c16-13-14-7-3-2-6-10-17(14)11-12-18-15-8-4-1-5-9-15/h1,4-5,8-9,14H,2-3,6-7,10-13H2. The van der Waals surface area contributed by atoms with Gasteiger partial charge in [0.15, 0.2) is 0 Å². The van der Waals surface area contributed by atoms with Crippen LogP contribution in [0.15, 0.2) is 35.2 Å². The zero-order valence-corrected chi connectivity index (χ0v) is 13.3. The minimum atomic E-state index is 0.754. The van der Waals surface area contributed by atoms with E-state index in [0.717, 1.165) is 11.4 Å². The summed E-state index contributed by atoms with van der Waals surface area (Å²) in [4.78, 5) is 4.07. The van der Waals surface area contributed by atoms with Crippen LogP contribution in [0.5, 0.6) is 0 Å². The number of alkyl halides is 1. The Morgan fingerprint density at radius 3 is 2.78 bits per heavy atom. The molecule has 2 rings (SSSR count). The summed E-state index contributed by atoms with van der Waals surface area (Å²) in [6.45, 7) is 2.50. The fourth-order valence-electron chi connectivity index (χ4n) is 2.50. The van der Waals surface area contributed by atoms with Gasteiger partial charge in [-0.2, -0.15) is 0 Å². The normalized spacial score (nSPS) is 21.7. The summed E-state index contributed by atoms with van der Waals surface area (Å²) in [7, 11) is 0. The molecule has 1 aliphatic heterocycles. The number of rotatable bonds is 5. The maximum absolute atomic E-state index is 3.67. The highest BCUT2D eigenvalue weighted by molar-refractivity contribution is 9.09. The first-order valence-corrected chi connectivity index (χ1v) is 8.98. The third kappa shape index (κ3) is 4.60. The molecule has 1 heterocycles. The summed E-state index contributed by atoms with van der Waals surface area (Å²) in [5, 5.41) is 1.13. The van der Waals surface area contributed by atoms with Crippen molar-refractivity contribution >= 4 is 27.7 Å². The van der Waals surface area contributed by atoms with Gasteiger partial charge in [0.2, 0.25) is 0 Å². The van der Waals surface area contributed by atoms with Crippen molar-refractivity contribution in [2.75, 3.05) is 24.2 Å². The second-order valence-electron chi connectivity index (χ2n) is 4.85. The predicted molar refractivity (Wildman–Crippen MR) is 84.8 cm³/mol. The summed E-state index contributed by atoms with van der Waals surface area (Å²) >= 11 is 5.65. The van der Waals surface area contributed by atoms with Crippen LogP contribution in [-0.2, 0) is 0 Å². The van der Waals surface area contributed by atoms with E-state index in [1.807, 2.05) is 11.8 Å². The lowest BCUT2D eigenvalue weighted by atomic mass is 10.1. The molecule has 1 saturated heterocycles. The monoisotopic (exact) mass is 327 g/mol. The van der Waals surface area contributed by atoms with Crippen LogP contribution in [-0.4, -0.2) is 35.1 Å². The van der Waals surface area contributed by atoms with Gasteiger partial charge in [0.05, 0.1) is 0 Å². The molecule has 1 fully saturated rings. The van der Waals surface area contributed by atoms with Crippen molar-refractivity contribution < 1.29 is 0 Å². The number of hydrogen-bond acceptors (Lipinski definition) is 2. The first-order valence-electron chi connectivity index (χ1n) is 6.88. The lowest BCUT2D eigenvalue weighted by Gasteiger charge is -2.28. The third-order valence-electron chi connectivity index (χ3n) is 3.57. The summed E-state index contributed by atoms with van der Waals surface area (Å²) < 4.78 is 0. The molecule has 0 aliphatic carbocycles. The highest BCUT2D eigenvalue weighted by Crippen LogP contribution is 2.21. The summed E-state index contributed by atoms with van der Waals surface area (Å²) in [5.74, 6) is 1.20. The van der Waals surface area contributed by atoms with Gasteiger partial charge in [0.1, 0.15) is 0 Å². The van der Waals surface area contributed by atoms with Crippen molar-refractivity contribution in [3.63, 3.8) is 0 Å². The summed E-state index contributed by atoms with van der Waals surface area (Å²) in [5.41, 5.74) is 0. The van der Waals surface area contributed by atoms with E-state index in [4.69, 9.17) is 0 Å². The Hall–Kier alpha value is 0.0100. The molecule has 3 heteroatoms. The van der Waals surface area contributed by atoms with E-state index >= 15 is 0 Å². The smallest absolute Gasteiger partial charge is 0.0193 e. The van der Waals surface area contributed by atoms with Gasteiger partial charge in [-0.3, -0.25) is 4.90 Å². The van der Waals surface area contributed by atoms with Crippen molar-refractivity contribution in [1.29, 1.82) is 0 Å². The number of hydrogen-bond donors (Lipinski definition) is 0. The second kappa shape index (κ2) is 8.23. The van der Waals surface area contributed by atoms with Crippen LogP contribution in [0.2, 0.25) is 0 Å². The Bertz CT molecular complexity index is 331. The molecule has 1 aromatic carbocycles. The molecule has 0 bridgehead atoms. The lowest BCUT2D eigenvalue weighted by molar-refractivity contribution is 0.232.